The molecule has 1 aromatic heterocycles. The number of nitrogen functional groups attached to an aromatic ring is 1. The lowest BCUT2D eigenvalue weighted by molar-refractivity contribution is 0.436. The second kappa shape index (κ2) is 5.26. The monoisotopic (exact) mass is 298 g/mol. The molecule has 0 unspecified atom stereocenters. The largest absolute Gasteiger partial charge is 0.380 e. The summed E-state index contributed by atoms with van der Waals surface area (Å²) in [6.07, 6.45) is 0. The number of benzene rings is 2. The Morgan fingerprint density at radius 1 is 1.05 bits per heavy atom. The molecular formula is C17H15ClN2O. The summed E-state index contributed by atoms with van der Waals surface area (Å²) in [4.78, 5) is 0. The lowest BCUT2D eigenvalue weighted by Crippen LogP contribution is -1.91. The van der Waals surface area contributed by atoms with Crippen LogP contribution in [-0.2, 0) is 0 Å². The molecule has 0 saturated carbocycles. The molecule has 0 amide bonds. The van der Waals surface area contributed by atoms with Crippen LogP contribution in [0.5, 0.6) is 0 Å². The minimum absolute atomic E-state index is 0.346. The summed E-state index contributed by atoms with van der Waals surface area (Å²) < 4.78 is 5.49. The van der Waals surface area contributed by atoms with Crippen molar-refractivity contribution in [1.29, 1.82) is 0 Å². The van der Waals surface area contributed by atoms with E-state index in [0.29, 0.717) is 16.6 Å². The molecule has 21 heavy (non-hydrogen) atoms. The van der Waals surface area contributed by atoms with Crippen LogP contribution >= 0.6 is 11.6 Å². The predicted octanol–water partition coefficient (Wildman–Crippen LogP) is 4.86. The summed E-state index contributed by atoms with van der Waals surface area (Å²) in [6.45, 7) is 4.07. The number of rotatable bonds is 2. The number of hydrogen-bond acceptors (Lipinski definition) is 3. The lowest BCUT2D eigenvalue weighted by atomic mass is 9.97. The first-order chi connectivity index (χ1) is 10.1. The molecule has 0 saturated heterocycles. The molecule has 0 spiro atoms. The molecule has 0 fully saturated rings. The van der Waals surface area contributed by atoms with Crippen LogP contribution in [0.15, 0.2) is 47.0 Å². The maximum atomic E-state index is 6.29. The van der Waals surface area contributed by atoms with Gasteiger partial charge in [0.1, 0.15) is 0 Å². The van der Waals surface area contributed by atoms with Gasteiger partial charge in [0.25, 0.3) is 0 Å². The second-order valence-electron chi connectivity index (χ2n) is 5.07. The second-order valence-corrected chi connectivity index (χ2v) is 5.48. The fraction of sp³-hybridized carbons (Fsp3) is 0.118. The minimum atomic E-state index is 0.346. The summed E-state index contributed by atoms with van der Waals surface area (Å²) in [7, 11) is 0. The molecule has 0 bridgehead atoms. The van der Waals surface area contributed by atoms with E-state index in [4.69, 9.17) is 21.9 Å². The number of aromatic nitrogens is 1. The van der Waals surface area contributed by atoms with Crippen molar-refractivity contribution in [3.63, 3.8) is 0 Å². The molecule has 0 aliphatic heterocycles. The molecular weight excluding hydrogens is 284 g/mol. The van der Waals surface area contributed by atoms with Crippen molar-refractivity contribution >= 4 is 17.4 Å². The molecule has 3 rings (SSSR count). The number of nitrogens with zero attached hydrogens (tertiary/aromatic N) is 1. The van der Waals surface area contributed by atoms with E-state index in [1.807, 2.05) is 38.1 Å². The Bertz CT molecular complexity index is 808. The summed E-state index contributed by atoms with van der Waals surface area (Å²) in [6, 6.07) is 13.7. The molecule has 2 aromatic carbocycles. The third-order valence-corrected chi connectivity index (χ3v) is 3.83. The van der Waals surface area contributed by atoms with Crippen molar-refractivity contribution in [1.82, 2.24) is 5.16 Å². The Morgan fingerprint density at radius 2 is 1.81 bits per heavy atom. The van der Waals surface area contributed by atoms with Gasteiger partial charge in [-0.3, -0.25) is 0 Å². The lowest BCUT2D eigenvalue weighted by Gasteiger charge is -2.08. The zero-order chi connectivity index (χ0) is 15.0. The van der Waals surface area contributed by atoms with Gasteiger partial charge in [-0.25, -0.2) is 0 Å². The fourth-order valence-electron chi connectivity index (χ4n) is 2.39. The van der Waals surface area contributed by atoms with Crippen molar-refractivity contribution in [2.75, 3.05) is 5.73 Å². The summed E-state index contributed by atoms with van der Waals surface area (Å²) in [5.74, 6) is 1.00. The molecule has 0 atom stereocenters. The average Bonchev–Trinajstić information content (AvgIpc) is 2.84. The van der Waals surface area contributed by atoms with Crippen LogP contribution in [0.1, 0.15) is 11.1 Å². The molecule has 3 aromatic rings. The SMILES string of the molecule is Cc1ccc(C)c(-c2onc(N)c2-c2ccccc2Cl)c1. The highest BCUT2D eigenvalue weighted by Gasteiger charge is 2.20. The van der Waals surface area contributed by atoms with Gasteiger partial charge in [0.05, 0.1) is 5.56 Å². The van der Waals surface area contributed by atoms with Crippen LogP contribution in [0.2, 0.25) is 5.02 Å². The van der Waals surface area contributed by atoms with E-state index in [1.165, 1.54) is 0 Å². The van der Waals surface area contributed by atoms with Gasteiger partial charge < -0.3 is 10.3 Å². The van der Waals surface area contributed by atoms with Gasteiger partial charge >= 0.3 is 0 Å². The quantitative estimate of drug-likeness (QED) is 0.735. The first-order valence-electron chi connectivity index (χ1n) is 6.65. The van der Waals surface area contributed by atoms with E-state index in [9.17, 15) is 0 Å². The number of halogens is 1. The molecule has 0 aliphatic rings. The van der Waals surface area contributed by atoms with Gasteiger partial charge in [0.2, 0.25) is 0 Å². The maximum Gasteiger partial charge on any atom is 0.177 e. The first-order valence-corrected chi connectivity index (χ1v) is 7.03. The number of hydrogen-bond donors (Lipinski definition) is 1. The summed E-state index contributed by atoms with van der Waals surface area (Å²) >= 11 is 6.29. The highest BCUT2D eigenvalue weighted by atomic mass is 35.5. The number of anilines is 1. The van der Waals surface area contributed by atoms with E-state index in [2.05, 4.69) is 23.4 Å². The van der Waals surface area contributed by atoms with Crippen molar-refractivity contribution < 1.29 is 4.52 Å². The topological polar surface area (TPSA) is 52.0 Å². The molecule has 4 heteroatoms. The predicted molar refractivity (Wildman–Crippen MR) is 86.3 cm³/mol. The zero-order valence-electron chi connectivity index (χ0n) is 11.9. The summed E-state index contributed by atoms with van der Waals surface area (Å²) in [5, 5.41) is 4.55. The van der Waals surface area contributed by atoms with Gasteiger partial charge in [0, 0.05) is 16.1 Å². The third-order valence-electron chi connectivity index (χ3n) is 3.50. The van der Waals surface area contributed by atoms with Gasteiger partial charge in [-0.1, -0.05) is 52.7 Å². The fourth-order valence-corrected chi connectivity index (χ4v) is 2.62. The smallest absolute Gasteiger partial charge is 0.177 e. The Morgan fingerprint density at radius 3 is 2.57 bits per heavy atom. The van der Waals surface area contributed by atoms with E-state index in [1.54, 1.807) is 0 Å². The van der Waals surface area contributed by atoms with E-state index in [0.717, 1.165) is 27.8 Å². The highest BCUT2D eigenvalue weighted by molar-refractivity contribution is 6.33. The Hall–Kier alpha value is -2.26. The Kier molecular flexibility index (Phi) is 3.43. The zero-order valence-corrected chi connectivity index (χ0v) is 12.6. The number of nitrogens with two attached hydrogens (primary N) is 1. The van der Waals surface area contributed by atoms with Gasteiger partial charge in [0.15, 0.2) is 11.6 Å². The van der Waals surface area contributed by atoms with Crippen LogP contribution in [0.25, 0.3) is 22.5 Å². The van der Waals surface area contributed by atoms with E-state index < -0.39 is 0 Å². The van der Waals surface area contributed by atoms with Crippen molar-refractivity contribution in [2.24, 2.45) is 0 Å². The molecule has 0 radical (unpaired) electrons. The molecule has 106 valence electrons. The van der Waals surface area contributed by atoms with Crippen LogP contribution in [0.3, 0.4) is 0 Å². The molecule has 0 aliphatic carbocycles. The number of aryl methyl sites for hydroxylation is 2. The third kappa shape index (κ3) is 2.41. The maximum absolute atomic E-state index is 6.29. The molecule has 1 heterocycles. The van der Waals surface area contributed by atoms with Crippen molar-refractivity contribution in [3.05, 3.63) is 58.6 Å². The van der Waals surface area contributed by atoms with Gasteiger partial charge in [-0.05, 0) is 31.5 Å². The van der Waals surface area contributed by atoms with Crippen molar-refractivity contribution in [3.8, 4) is 22.5 Å². The highest BCUT2D eigenvalue weighted by Crippen LogP contribution is 2.40. The molecule has 3 nitrogen and oxygen atoms in total. The minimum Gasteiger partial charge on any atom is -0.380 e. The van der Waals surface area contributed by atoms with Crippen molar-refractivity contribution in [2.45, 2.75) is 13.8 Å². The Labute approximate surface area is 128 Å². The standard InChI is InChI=1S/C17H15ClN2O/c1-10-7-8-11(2)13(9-10)16-15(17(19)20-21-16)12-5-3-4-6-14(12)18/h3-9H,1-2H3,(H2,19,20). The van der Waals surface area contributed by atoms with E-state index in [-0.39, 0.29) is 0 Å². The van der Waals surface area contributed by atoms with Gasteiger partial charge in [-0.15, -0.1) is 0 Å². The van der Waals surface area contributed by atoms with E-state index >= 15 is 0 Å². The average molecular weight is 299 g/mol. The summed E-state index contributed by atoms with van der Waals surface area (Å²) in [5.41, 5.74) is 10.8. The Balaban J connectivity index is 2.27. The van der Waals surface area contributed by atoms with Crippen LogP contribution in [0.4, 0.5) is 5.82 Å². The first kappa shape index (κ1) is 13.7. The van der Waals surface area contributed by atoms with Crippen LogP contribution < -0.4 is 5.73 Å². The molecule has 2 N–H and O–H groups in total. The normalized spacial score (nSPS) is 10.8. The van der Waals surface area contributed by atoms with Crippen LogP contribution in [0, 0.1) is 13.8 Å². The van der Waals surface area contributed by atoms with Gasteiger partial charge in [-0.2, -0.15) is 0 Å². The van der Waals surface area contributed by atoms with Crippen LogP contribution in [-0.4, -0.2) is 5.16 Å².